The molecule has 2 aromatic rings. The van der Waals surface area contributed by atoms with Crippen LogP contribution in [0.5, 0.6) is 0 Å². The molecule has 132 valence electrons. The Balaban J connectivity index is 1.74. The molecule has 0 saturated carbocycles. The summed E-state index contributed by atoms with van der Waals surface area (Å²) >= 11 is 0. The summed E-state index contributed by atoms with van der Waals surface area (Å²) in [6.07, 6.45) is 0. The molecule has 0 amide bonds. The van der Waals surface area contributed by atoms with Gasteiger partial charge in [-0.25, -0.2) is 0 Å². The van der Waals surface area contributed by atoms with Crippen LogP contribution in [0.3, 0.4) is 0 Å². The quantitative estimate of drug-likeness (QED) is 0.584. The number of hydrogen-bond acceptors (Lipinski definition) is 7. The lowest BCUT2D eigenvalue weighted by atomic mass is 9.96. The zero-order valence-electron chi connectivity index (χ0n) is 14.1. The molecule has 0 spiro atoms. The Morgan fingerprint density at radius 1 is 0.643 bits per heavy atom. The smallest absolute Gasteiger partial charge is 0.193 e. The van der Waals surface area contributed by atoms with Crippen LogP contribution >= 0.6 is 0 Å². The largest absolute Gasteiger partial charge is 0.292 e. The fourth-order valence-corrected chi connectivity index (χ4v) is 3.47. The zero-order chi connectivity index (χ0) is 20.2. The monoisotopic (exact) mass is 368 g/mol. The molecule has 0 saturated heterocycles. The van der Waals surface area contributed by atoms with Crippen molar-refractivity contribution in [1.29, 1.82) is 10.5 Å². The van der Waals surface area contributed by atoms with Gasteiger partial charge in [-0.15, -0.1) is 0 Å². The second-order valence-corrected chi connectivity index (χ2v) is 6.43. The first-order chi connectivity index (χ1) is 13.4. The first-order valence-electron chi connectivity index (χ1n) is 8.18. The van der Waals surface area contributed by atoms with Crippen molar-refractivity contribution >= 4 is 28.9 Å². The second-order valence-electron chi connectivity index (χ2n) is 6.43. The van der Waals surface area contributed by atoms with Crippen LogP contribution in [-0.4, -0.2) is 28.9 Å². The van der Waals surface area contributed by atoms with Crippen LogP contribution in [0.15, 0.2) is 36.4 Å². The number of hydrogen-bond donors (Lipinski definition) is 0. The van der Waals surface area contributed by atoms with Gasteiger partial charge in [0.25, 0.3) is 0 Å². The number of carbonyl (C=O) groups excluding carboxylic acids is 5. The molecule has 2 aliphatic rings. The summed E-state index contributed by atoms with van der Waals surface area (Å²) < 4.78 is 0. The van der Waals surface area contributed by atoms with Gasteiger partial charge < -0.3 is 0 Å². The highest BCUT2D eigenvalue weighted by molar-refractivity contribution is 6.30. The molecule has 7 nitrogen and oxygen atoms in total. The van der Waals surface area contributed by atoms with E-state index in [9.17, 15) is 24.0 Å². The molecule has 0 N–H and O–H groups in total. The number of fused-ring (bicyclic) bond motifs is 2. The molecule has 0 bridgehead atoms. The lowest BCUT2D eigenvalue weighted by molar-refractivity contribution is 0.0860. The topological polar surface area (TPSA) is 133 Å². The number of ketones is 5. The van der Waals surface area contributed by atoms with Gasteiger partial charge in [0.15, 0.2) is 40.8 Å². The minimum Gasteiger partial charge on any atom is -0.292 e. The van der Waals surface area contributed by atoms with Crippen LogP contribution < -0.4 is 0 Å². The van der Waals surface area contributed by atoms with Gasteiger partial charge in [-0.1, -0.05) is 12.1 Å². The minimum absolute atomic E-state index is 0.0133. The molecule has 2 aliphatic carbocycles. The maximum absolute atomic E-state index is 12.8. The molecule has 2 atom stereocenters. The van der Waals surface area contributed by atoms with Crippen LogP contribution in [0, 0.1) is 34.5 Å². The van der Waals surface area contributed by atoms with Crippen molar-refractivity contribution in [1.82, 2.24) is 0 Å². The van der Waals surface area contributed by atoms with Crippen molar-refractivity contribution < 1.29 is 24.0 Å². The Morgan fingerprint density at radius 2 is 1.00 bits per heavy atom. The van der Waals surface area contributed by atoms with Crippen molar-refractivity contribution in [2.24, 2.45) is 11.8 Å². The van der Waals surface area contributed by atoms with Crippen molar-refractivity contribution in [2.45, 2.75) is 0 Å². The molecule has 2 aromatic carbocycles. The Bertz CT molecular complexity index is 1150. The number of rotatable bonds is 2. The van der Waals surface area contributed by atoms with E-state index in [1.54, 1.807) is 12.1 Å². The first kappa shape index (κ1) is 17.2. The molecular weight excluding hydrogens is 360 g/mol. The third-order valence-electron chi connectivity index (χ3n) is 4.93. The van der Waals surface area contributed by atoms with Gasteiger partial charge in [-0.3, -0.25) is 24.0 Å². The summed E-state index contributed by atoms with van der Waals surface area (Å²) in [7, 11) is 0. The van der Waals surface area contributed by atoms with Crippen molar-refractivity contribution in [3.63, 3.8) is 0 Å². The van der Waals surface area contributed by atoms with Crippen LogP contribution in [0.1, 0.15) is 57.4 Å². The molecule has 4 rings (SSSR count). The van der Waals surface area contributed by atoms with Crippen molar-refractivity contribution in [3.8, 4) is 12.1 Å². The minimum atomic E-state index is -1.40. The average Bonchev–Trinajstić information content (AvgIpc) is 3.10. The van der Waals surface area contributed by atoms with Gasteiger partial charge in [-0.2, -0.15) is 10.5 Å². The summed E-state index contributed by atoms with van der Waals surface area (Å²) in [6, 6.07) is 11.2. The first-order valence-corrected chi connectivity index (χ1v) is 8.18. The lowest BCUT2D eigenvalue weighted by Crippen LogP contribution is -2.12. The lowest BCUT2D eigenvalue weighted by Gasteiger charge is -2.05. The third kappa shape index (κ3) is 2.17. The van der Waals surface area contributed by atoms with Crippen molar-refractivity contribution in [3.05, 3.63) is 69.8 Å². The highest BCUT2D eigenvalue weighted by Crippen LogP contribution is 2.30. The van der Waals surface area contributed by atoms with Crippen LogP contribution in [0.4, 0.5) is 0 Å². The molecular formula is C21H8N2O5. The number of Topliss-reactive ketones (excluding diaryl/α,β-unsaturated/α-hetero) is 4. The maximum Gasteiger partial charge on any atom is 0.193 e. The highest BCUT2D eigenvalue weighted by Gasteiger charge is 2.40. The molecule has 0 radical (unpaired) electrons. The summed E-state index contributed by atoms with van der Waals surface area (Å²) in [4.78, 5) is 61.2. The molecule has 7 heteroatoms. The molecule has 0 aliphatic heterocycles. The van der Waals surface area contributed by atoms with E-state index in [0.29, 0.717) is 0 Å². The van der Waals surface area contributed by atoms with E-state index in [1.165, 1.54) is 36.4 Å². The van der Waals surface area contributed by atoms with Crippen LogP contribution in [0.25, 0.3) is 0 Å². The predicted molar refractivity (Wildman–Crippen MR) is 91.8 cm³/mol. The van der Waals surface area contributed by atoms with E-state index in [2.05, 4.69) is 0 Å². The Morgan fingerprint density at radius 3 is 1.36 bits per heavy atom. The third-order valence-corrected chi connectivity index (χ3v) is 4.93. The van der Waals surface area contributed by atoms with E-state index in [4.69, 9.17) is 10.5 Å². The second kappa shape index (κ2) is 5.90. The number of nitrogens with zero attached hydrogens (tertiary/aromatic N) is 2. The zero-order valence-corrected chi connectivity index (χ0v) is 14.1. The molecule has 2 unspecified atom stereocenters. The van der Waals surface area contributed by atoms with Crippen LogP contribution in [0.2, 0.25) is 0 Å². The summed E-state index contributed by atoms with van der Waals surface area (Å²) in [6.45, 7) is 0. The fourth-order valence-electron chi connectivity index (χ4n) is 3.47. The SMILES string of the molecule is N#CC1C(=O)c2ccc(C(=O)c3ccc4c(c3)C(=O)C(C#N)C4=O)cc2C1=O. The van der Waals surface area contributed by atoms with Gasteiger partial charge >= 0.3 is 0 Å². The van der Waals surface area contributed by atoms with Gasteiger partial charge in [0.1, 0.15) is 0 Å². The standard InChI is InChI=1S/C21H8N2O5/c22-7-15-18(25)11-3-1-9(5-13(11)20(15)27)17(24)10-2-4-12-14(6-10)21(28)16(8-23)19(12)26/h1-6,15-16H. The predicted octanol–water partition coefficient (Wildman–Crippen LogP) is 1.96. The molecule has 28 heavy (non-hydrogen) atoms. The summed E-state index contributed by atoms with van der Waals surface area (Å²) in [5.74, 6) is -5.80. The summed E-state index contributed by atoms with van der Waals surface area (Å²) in [5, 5.41) is 17.9. The Labute approximate surface area is 157 Å². The number of nitriles is 2. The average molecular weight is 368 g/mol. The van der Waals surface area contributed by atoms with Gasteiger partial charge in [0, 0.05) is 33.4 Å². The Hall–Kier alpha value is -4.23. The van der Waals surface area contributed by atoms with E-state index in [0.717, 1.165) is 0 Å². The molecule has 0 heterocycles. The van der Waals surface area contributed by atoms with Gasteiger partial charge in [-0.05, 0) is 24.3 Å². The number of carbonyl (C=O) groups is 5. The van der Waals surface area contributed by atoms with Gasteiger partial charge in [0.2, 0.25) is 0 Å². The van der Waals surface area contributed by atoms with E-state index in [-0.39, 0.29) is 33.4 Å². The molecule has 0 aromatic heterocycles. The number of benzene rings is 2. The van der Waals surface area contributed by atoms with E-state index >= 15 is 0 Å². The van der Waals surface area contributed by atoms with E-state index in [1.807, 2.05) is 0 Å². The maximum atomic E-state index is 12.8. The van der Waals surface area contributed by atoms with Crippen molar-refractivity contribution in [2.75, 3.05) is 0 Å². The Kier molecular flexibility index (Phi) is 3.62. The highest BCUT2D eigenvalue weighted by atomic mass is 16.2. The van der Waals surface area contributed by atoms with E-state index < -0.39 is 40.8 Å². The normalized spacial score (nSPS) is 19.8. The summed E-state index contributed by atoms with van der Waals surface area (Å²) in [5.41, 5.74) is 0.428. The van der Waals surface area contributed by atoms with Gasteiger partial charge in [0.05, 0.1) is 12.1 Å². The van der Waals surface area contributed by atoms with Crippen LogP contribution in [-0.2, 0) is 0 Å². The molecule has 0 fully saturated rings. The fraction of sp³-hybridized carbons (Fsp3) is 0.0952.